The van der Waals surface area contributed by atoms with Crippen molar-refractivity contribution in [1.29, 1.82) is 0 Å². The molecule has 2 aromatic carbocycles. The Bertz CT molecular complexity index is 941. The molecule has 2 aromatic heterocycles. The highest BCUT2D eigenvalue weighted by molar-refractivity contribution is 6.31. The fraction of sp³-hybridized carbons (Fsp3) is 0. The topological polar surface area (TPSA) is 58.0 Å². The highest BCUT2D eigenvalue weighted by Gasteiger charge is 2.10. The molecule has 0 radical (unpaired) electrons. The Morgan fingerprint density at radius 3 is 2.71 bits per heavy atom. The van der Waals surface area contributed by atoms with E-state index in [2.05, 4.69) is 20.4 Å². The minimum atomic E-state index is -0.280. The molecule has 0 spiro atoms. The Morgan fingerprint density at radius 2 is 1.90 bits per heavy atom. The minimum Gasteiger partial charge on any atom is -0.325 e. The summed E-state index contributed by atoms with van der Waals surface area (Å²) in [4.78, 5) is 8.73. The molecule has 0 amide bonds. The Kier molecular flexibility index (Phi) is 2.58. The van der Waals surface area contributed by atoms with Crippen LogP contribution in [0.1, 0.15) is 0 Å². The molecule has 104 valence electrons. The van der Waals surface area contributed by atoms with E-state index in [1.807, 2.05) is 6.07 Å². The van der Waals surface area contributed by atoms with Crippen molar-refractivity contribution < 1.29 is 4.39 Å². The van der Waals surface area contributed by atoms with E-state index >= 15 is 0 Å². The van der Waals surface area contributed by atoms with E-state index in [0.717, 1.165) is 16.7 Å². The number of benzene rings is 2. The van der Waals surface area contributed by atoms with Gasteiger partial charge >= 0.3 is 0 Å². The number of anilines is 2. The Morgan fingerprint density at radius 1 is 1.10 bits per heavy atom. The number of fused-ring (bicyclic) bond motifs is 3. The lowest BCUT2D eigenvalue weighted by Crippen LogP contribution is -1.93. The maximum Gasteiger partial charge on any atom is 0.253 e. The normalized spacial score (nSPS) is 11.3. The molecule has 5 nitrogen and oxygen atoms in total. The minimum absolute atomic E-state index is 0.280. The van der Waals surface area contributed by atoms with E-state index in [-0.39, 0.29) is 5.82 Å². The molecule has 0 saturated heterocycles. The zero-order chi connectivity index (χ0) is 14.4. The molecule has 7 heteroatoms. The lowest BCUT2D eigenvalue weighted by atomic mass is 10.3. The van der Waals surface area contributed by atoms with Crippen molar-refractivity contribution in [3.05, 3.63) is 53.3 Å². The summed E-state index contributed by atoms with van der Waals surface area (Å²) in [6.45, 7) is 0. The Hall–Kier alpha value is -2.60. The van der Waals surface area contributed by atoms with Crippen molar-refractivity contribution in [2.75, 3.05) is 5.32 Å². The van der Waals surface area contributed by atoms with Gasteiger partial charge in [0.15, 0.2) is 0 Å². The van der Waals surface area contributed by atoms with Gasteiger partial charge in [-0.1, -0.05) is 11.6 Å². The van der Waals surface area contributed by atoms with Crippen LogP contribution in [-0.2, 0) is 0 Å². The van der Waals surface area contributed by atoms with Crippen LogP contribution < -0.4 is 5.32 Å². The number of hydrogen-bond donors (Lipinski definition) is 2. The van der Waals surface area contributed by atoms with Gasteiger partial charge in [0.1, 0.15) is 5.82 Å². The van der Waals surface area contributed by atoms with Crippen molar-refractivity contribution in [1.82, 2.24) is 19.6 Å². The lowest BCUT2D eigenvalue weighted by Gasteiger charge is -2.01. The number of H-pyrrole nitrogens is 1. The molecule has 2 heterocycles. The molecule has 0 bridgehead atoms. The Balaban J connectivity index is 1.75. The number of hydrogen-bond acceptors (Lipinski definition) is 3. The van der Waals surface area contributed by atoms with Crippen LogP contribution in [0.5, 0.6) is 0 Å². The number of nitrogens with one attached hydrogen (secondary N) is 2. The van der Waals surface area contributed by atoms with E-state index in [0.29, 0.717) is 16.7 Å². The monoisotopic (exact) mass is 301 g/mol. The molecule has 0 aliphatic carbocycles. The first-order chi connectivity index (χ1) is 10.2. The van der Waals surface area contributed by atoms with Gasteiger partial charge in [-0.3, -0.25) is 5.10 Å². The maximum atomic E-state index is 12.9. The van der Waals surface area contributed by atoms with Crippen LogP contribution in [0.2, 0.25) is 5.02 Å². The molecule has 0 aliphatic rings. The number of aromatic nitrogens is 4. The molecule has 0 aliphatic heterocycles. The fourth-order valence-corrected chi connectivity index (χ4v) is 2.35. The van der Waals surface area contributed by atoms with Crippen LogP contribution >= 0.6 is 11.6 Å². The number of halogens is 2. The molecule has 0 unspecified atom stereocenters. The fourth-order valence-electron chi connectivity index (χ4n) is 2.18. The Labute approximate surface area is 123 Å². The maximum absolute atomic E-state index is 12.9. The number of nitrogens with zero attached hydrogens (tertiary/aromatic N) is 3. The third-order valence-corrected chi connectivity index (χ3v) is 3.37. The zero-order valence-corrected chi connectivity index (χ0v) is 11.4. The van der Waals surface area contributed by atoms with Crippen molar-refractivity contribution in [3.8, 4) is 0 Å². The first-order valence-electron chi connectivity index (χ1n) is 6.25. The molecule has 2 N–H and O–H groups in total. The first-order valence-corrected chi connectivity index (χ1v) is 6.63. The van der Waals surface area contributed by atoms with Crippen LogP contribution in [0.15, 0.2) is 42.5 Å². The summed E-state index contributed by atoms with van der Waals surface area (Å²) in [5.41, 5.74) is 2.39. The summed E-state index contributed by atoms with van der Waals surface area (Å²) < 4.78 is 14.6. The van der Waals surface area contributed by atoms with Gasteiger partial charge in [-0.15, -0.1) is 0 Å². The smallest absolute Gasteiger partial charge is 0.253 e. The summed E-state index contributed by atoms with van der Waals surface area (Å²) in [5, 5.41) is 6.79. The van der Waals surface area contributed by atoms with Crippen molar-refractivity contribution >= 4 is 40.0 Å². The lowest BCUT2D eigenvalue weighted by molar-refractivity contribution is 0.628. The standard InChI is InChI=1S/C14H9ClFN5/c15-8-1-6-12-11(7-8)18-14-19-13(20-21(12)14)17-10-4-2-9(16)3-5-10/h1-7H,(H2,17,18,19,20). The van der Waals surface area contributed by atoms with Gasteiger partial charge in [0.2, 0.25) is 5.95 Å². The highest BCUT2D eigenvalue weighted by atomic mass is 35.5. The summed E-state index contributed by atoms with van der Waals surface area (Å²) in [5.74, 6) is 0.788. The van der Waals surface area contributed by atoms with Gasteiger partial charge in [-0.25, -0.2) is 13.9 Å². The number of imidazole rings is 1. The van der Waals surface area contributed by atoms with Crippen LogP contribution in [0.25, 0.3) is 16.8 Å². The second kappa shape index (κ2) is 4.46. The van der Waals surface area contributed by atoms with Crippen LogP contribution in [0.3, 0.4) is 0 Å². The zero-order valence-electron chi connectivity index (χ0n) is 10.6. The molecular formula is C14H9ClFN5. The van der Waals surface area contributed by atoms with Gasteiger partial charge in [0, 0.05) is 10.7 Å². The molecule has 4 rings (SSSR count). The summed E-state index contributed by atoms with van der Waals surface area (Å²) >= 11 is 5.94. The molecule has 0 atom stereocenters. The third-order valence-electron chi connectivity index (χ3n) is 3.14. The molecule has 0 saturated carbocycles. The summed E-state index contributed by atoms with van der Waals surface area (Å²) in [7, 11) is 0. The van der Waals surface area contributed by atoms with Crippen LogP contribution in [0, 0.1) is 5.82 Å². The first kappa shape index (κ1) is 12.2. The SMILES string of the molecule is Fc1ccc(Nc2nc3nc4cc(Cl)ccc4n3[nH]2)cc1. The molecule has 0 fully saturated rings. The second-order valence-electron chi connectivity index (χ2n) is 4.58. The van der Waals surface area contributed by atoms with Gasteiger partial charge in [-0.2, -0.15) is 4.98 Å². The molecular weight excluding hydrogens is 293 g/mol. The highest BCUT2D eigenvalue weighted by Crippen LogP contribution is 2.21. The predicted octanol–water partition coefficient (Wildman–Crippen LogP) is 3.75. The van der Waals surface area contributed by atoms with E-state index in [1.54, 1.807) is 28.8 Å². The van der Waals surface area contributed by atoms with E-state index in [4.69, 9.17) is 11.6 Å². The van der Waals surface area contributed by atoms with Crippen molar-refractivity contribution in [3.63, 3.8) is 0 Å². The van der Waals surface area contributed by atoms with Gasteiger partial charge in [0.05, 0.1) is 11.0 Å². The molecule has 21 heavy (non-hydrogen) atoms. The molecule has 4 aromatic rings. The van der Waals surface area contributed by atoms with Crippen LogP contribution in [-0.4, -0.2) is 19.6 Å². The van der Waals surface area contributed by atoms with Crippen molar-refractivity contribution in [2.24, 2.45) is 0 Å². The van der Waals surface area contributed by atoms with Crippen LogP contribution in [0.4, 0.5) is 16.0 Å². The third kappa shape index (κ3) is 2.09. The van der Waals surface area contributed by atoms with E-state index < -0.39 is 0 Å². The van der Waals surface area contributed by atoms with E-state index in [1.165, 1.54) is 12.1 Å². The second-order valence-corrected chi connectivity index (χ2v) is 5.02. The quantitative estimate of drug-likeness (QED) is 0.593. The summed E-state index contributed by atoms with van der Waals surface area (Å²) in [6, 6.07) is 11.5. The van der Waals surface area contributed by atoms with E-state index in [9.17, 15) is 4.39 Å². The average Bonchev–Trinajstić information content (AvgIpc) is 2.97. The van der Waals surface area contributed by atoms with Gasteiger partial charge in [-0.05, 0) is 42.5 Å². The average molecular weight is 302 g/mol. The number of rotatable bonds is 2. The summed E-state index contributed by atoms with van der Waals surface area (Å²) in [6.07, 6.45) is 0. The van der Waals surface area contributed by atoms with Gasteiger partial charge < -0.3 is 5.32 Å². The van der Waals surface area contributed by atoms with Crippen molar-refractivity contribution in [2.45, 2.75) is 0 Å². The largest absolute Gasteiger partial charge is 0.325 e. The number of aromatic amines is 1. The van der Waals surface area contributed by atoms with Gasteiger partial charge in [0.25, 0.3) is 5.78 Å². The predicted molar refractivity (Wildman–Crippen MR) is 79.5 cm³/mol.